The average Bonchev–Trinajstić information content (AvgIpc) is 2.37. The van der Waals surface area contributed by atoms with Gasteiger partial charge in [0, 0.05) is 5.54 Å². The number of rotatable bonds is 3. The third-order valence-electron chi connectivity index (χ3n) is 6.09. The van der Waals surface area contributed by atoms with Crippen LogP contribution >= 0.6 is 0 Å². The molecule has 1 heteroatoms. The summed E-state index contributed by atoms with van der Waals surface area (Å²) in [6.07, 6.45) is 11.2. The molecular weight excluding hydrogens is 230 g/mol. The molecule has 1 unspecified atom stereocenters. The van der Waals surface area contributed by atoms with E-state index in [1.54, 1.807) is 0 Å². The summed E-state index contributed by atoms with van der Waals surface area (Å²) in [5.74, 6) is 0. The molecule has 1 atom stereocenters. The molecule has 1 aliphatic heterocycles. The van der Waals surface area contributed by atoms with Crippen LogP contribution in [-0.4, -0.2) is 23.5 Å². The summed E-state index contributed by atoms with van der Waals surface area (Å²) < 4.78 is 0. The Hall–Kier alpha value is -0.0400. The van der Waals surface area contributed by atoms with Crippen LogP contribution in [0.1, 0.15) is 86.0 Å². The summed E-state index contributed by atoms with van der Waals surface area (Å²) in [4.78, 5) is 2.84. The minimum Gasteiger partial charge on any atom is -0.298 e. The molecule has 0 spiro atoms. The first-order valence-corrected chi connectivity index (χ1v) is 8.60. The summed E-state index contributed by atoms with van der Waals surface area (Å²) in [7, 11) is 0. The lowest BCUT2D eigenvalue weighted by Gasteiger charge is -2.57. The molecule has 1 saturated heterocycles. The van der Waals surface area contributed by atoms with Crippen molar-refractivity contribution in [3.05, 3.63) is 0 Å². The molecule has 2 aliphatic rings. The SMILES string of the molecule is CCC1(CC)CC(C)(C)CC(C)(N2CCCCC2)C1. The predicted molar refractivity (Wildman–Crippen MR) is 84.5 cm³/mol. The van der Waals surface area contributed by atoms with E-state index in [2.05, 4.69) is 39.5 Å². The maximum atomic E-state index is 2.84. The first-order valence-electron chi connectivity index (χ1n) is 8.60. The Balaban J connectivity index is 2.23. The third-order valence-corrected chi connectivity index (χ3v) is 6.09. The van der Waals surface area contributed by atoms with Crippen LogP contribution in [0.4, 0.5) is 0 Å². The van der Waals surface area contributed by atoms with Gasteiger partial charge in [-0.15, -0.1) is 0 Å². The molecule has 1 nitrogen and oxygen atoms in total. The van der Waals surface area contributed by atoms with Crippen molar-refractivity contribution in [3.8, 4) is 0 Å². The predicted octanol–water partition coefficient (Wildman–Crippen LogP) is 5.25. The van der Waals surface area contributed by atoms with E-state index < -0.39 is 0 Å². The minimum absolute atomic E-state index is 0.453. The van der Waals surface area contributed by atoms with Gasteiger partial charge in [-0.2, -0.15) is 0 Å². The molecule has 19 heavy (non-hydrogen) atoms. The monoisotopic (exact) mass is 265 g/mol. The van der Waals surface area contributed by atoms with Crippen molar-refractivity contribution in [1.82, 2.24) is 4.90 Å². The number of hydrogen-bond acceptors (Lipinski definition) is 1. The second-order valence-electron chi connectivity index (χ2n) is 8.45. The van der Waals surface area contributed by atoms with Crippen LogP contribution in [0.25, 0.3) is 0 Å². The van der Waals surface area contributed by atoms with Gasteiger partial charge in [0.25, 0.3) is 0 Å². The highest BCUT2D eigenvalue weighted by atomic mass is 15.2. The van der Waals surface area contributed by atoms with E-state index in [-0.39, 0.29) is 0 Å². The molecule has 0 aromatic heterocycles. The van der Waals surface area contributed by atoms with Crippen LogP contribution in [0.2, 0.25) is 0 Å². The maximum Gasteiger partial charge on any atom is 0.0191 e. The van der Waals surface area contributed by atoms with Crippen molar-refractivity contribution >= 4 is 0 Å². The first kappa shape index (κ1) is 15.4. The van der Waals surface area contributed by atoms with Gasteiger partial charge in [0.1, 0.15) is 0 Å². The zero-order valence-electron chi connectivity index (χ0n) is 14.0. The van der Waals surface area contributed by atoms with Gasteiger partial charge in [-0.1, -0.05) is 47.0 Å². The van der Waals surface area contributed by atoms with Crippen LogP contribution in [0.15, 0.2) is 0 Å². The zero-order chi connectivity index (χ0) is 14.1. The molecule has 1 heterocycles. The van der Waals surface area contributed by atoms with Gasteiger partial charge >= 0.3 is 0 Å². The van der Waals surface area contributed by atoms with E-state index in [9.17, 15) is 0 Å². The molecular formula is C18H35N. The molecule has 1 saturated carbocycles. The van der Waals surface area contributed by atoms with Crippen molar-refractivity contribution in [2.24, 2.45) is 10.8 Å². The summed E-state index contributed by atoms with van der Waals surface area (Å²) in [6, 6.07) is 0. The lowest BCUT2D eigenvalue weighted by Crippen LogP contribution is -2.57. The molecule has 0 aromatic rings. The van der Waals surface area contributed by atoms with E-state index in [0.29, 0.717) is 16.4 Å². The number of likely N-dealkylation sites (tertiary alicyclic amines) is 1. The summed E-state index contributed by atoms with van der Waals surface area (Å²) >= 11 is 0. The quantitative estimate of drug-likeness (QED) is 0.674. The smallest absolute Gasteiger partial charge is 0.0191 e. The second kappa shape index (κ2) is 5.39. The van der Waals surface area contributed by atoms with Crippen molar-refractivity contribution < 1.29 is 0 Å². The Bertz CT molecular complexity index is 297. The van der Waals surface area contributed by atoms with E-state index in [4.69, 9.17) is 0 Å². The highest BCUT2D eigenvalue weighted by molar-refractivity contribution is 5.03. The standard InChI is InChI=1S/C18H35N/c1-6-18(7-2)14-16(3,4)13-17(5,15-18)19-11-9-8-10-12-19/h6-15H2,1-5H3. The Morgan fingerprint density at radius 2 is 1.37 bits per heavy atom. The largest absolute Gasteiger partial charge is 0.298 e. The van der Waals surface area contributed by atoms with Gasteiger partial charge in [0.2, 0.25) is 0 Å². The van der Waals surface area contributed by atoms with E-state index in [1.165, 1.54) is 64.5 Å². The molecule has 0 aromatic carbocycles. The number of piperidine rings is 1. The Kier molecular flexibility index (Phi) is 4.35. The highest BCUT2D eigenvalue weighted by Gasteiger charge is 2.49. The fourth-order valence-corrected chi connectivity index (χ4v) is 5.45. The Morgan fingerprint density at radius 1 is 0.789 bits per heavy atom. The number of nitrogens with zero attached hydrogens (tertiary/aromatic N) is 1. The normalized spacial score (nSPS) is 35.2. The average molecular weight is 265 g/mol. The van der Waals surface area contributed by atoms with Crippen LogP contribution in [0.5, 0.6) is 0 Å². The van der Waals surface area contributed by atoms with Crippen molar-refractivity contribution in [2.75, 3.05) is 13.1 Å². The van der Waals surface area contributed by atoms with Gasteiger partial charge in [0.15, 0.2) is 0 Å². The van der Waals surface area contributed by atoms with Crippen LogP contribution in [0.3, 0.4) is 0 Å². The highest BCUT2D eigenvalue weighted by Crippen LogP contribution is 2.55. The molecule has 0 N–H and O–H groups in total. The summed E-state index contributed by atoms with van der Waals surface area (Å²) in [6.45, 7) is 15.1. The summed E-state index contributed by atoms with van der Waals surface area (Å²) in [5, 5.41) is 0. The fraction of sp³-hybridized carbons (Fsp3) is 1.00. The molecule has 0 bridgehead atoms. The van der Waals surface area contributed by atoms with Gasteiger partial charge < -0.3 is 0 Å². The van der Waals surface area contributed by atoms with Gasteiger partial charge in [-0.25, -0.2) is 0 Å². The summed E-state index contributed by atoms with van der Waals surface area (Å²) in [5.41, 5.74) is 1.55. The molecule has 1 aliphatic carbocycles. The lowest BCUT2D eigenvalue weighted by molar-refractivity contribution is -0.0614. The molecule has 2 rings (SSSR count). The minimum atomic E-state index is 0.453. The zero-order valence-corrected chi connectivity index (χ0v) is 14.0. The lowest BCUT2D eigenvalue weighted by atomic mass is 9.55. The third kappa shape index (κ3) is 3.17. The molecule has 0 radical (unpaired) electrons. The van der Waals surface area contributed by atoms with Crippen LogP contribution in [-0.2, 0) is 0 Å². The molecule has 2 fully saturated rings. The van der Waals surface area contributed by atoms with Gasteiger partial charge in [-0.05, 0) is 62.9 Å². The van der Waals surface area contributed by atoms with E-state index in [0.717, 1.165) is 0 Å². The topological polar surface area (TPSA) is 3.24 Å². The maximum absolute atomic E-state index is 2.84. The van der Waals surface area contributed by atoms with Crippen molar-refractivity contribution in [3.63, 3.8) is 0 Å². The molecule has 112 valence electrons. The van der Waals surface area contributed by atoms with Crippen LogP contribution < -0.4 is 0 Å². The van der Waals surface area contributed by atoms with Gasteiger partial charge in [0.05, 0.1) is 0 Å². The van der Waals surface area contributed by atoms with Crippen molar-refractivity contribution in [2.45, 2.75) is 91.5 Å². The Labute approximate surface area is 121 Å². The van der Waals surface area contributed by atoms with Gasteiger partial charge in [-0.3, -0.25) is 4.90 Å². The van der Waals surface area contributed by atoms with E-state index >= 15 is 0 Å². The number of hydrogen-bond donors (Lipinski definition) is 0. The van der Waals surface area contributed by atoms with E-state index in [1.807, 2.05) is 0 Å². The first-order chi connectivity index (χ1) is 8.85. The second-order valence-corrected chi connectivity index (χ2v) is 8.45. The molecule has 0 amide bonds. The Morgan fingerprint density at radius 3 is 1.89 bits per heavy atom. The fourth-order valence-electron chi connectivity index (χ4n) is 5.45. The van der Waals surface area contributed by atoms with Crippen LogP contribution in [0, 0.1) is 10.8 Å². The van der Waals surface area contributed by atoms with Crippen molar-refractivity contribution in [1.29, 1.82) is 0 Å².